The van der Waals surface area contributed by atoms with Crippen molar-refractivity contribution in [3.8, 4) is 5.75 Å². The van der Waals surface area contributed by atoms with Gasteiger partial charge in [-0.15, -0.1) is 0 Å². The lowest BCUT2D eigenvalue weighted by Crippen LogP contribution is -2.36. The van der Waals surface area contributed by atoms with Crippen LogP contribution in [0.5, 0.6) is 5.75 Å². The molecule has 9 heteroatoms. The van der Waals surface area contributed by atoms with E-state index in [0.717, 1.165) is 47.0 Å². The van der Waals surface area contributed by atoms with Gasteiger partial charge in [0, 0.05) is 17.0 Å². The topological polar surface area (TPSA) is 94.6 Å². The number of rotatable bonds is 23. The number of benzene rings is 2. The molecule has 1 aromatic heterocycles. The number of aromatic nitrogens is 2. The molecule has 0 amide bonds. The number of carbonyl (C=O) groups excluding carboxylic acids is 2. The Morgan fingerprint density at radius 2 is 1.36 bits per heavy atom. The van der Waals surface area contributed by atoms with Crippen LogP contribution in [0.25, 0.3) is 11.0 Å². The van der Waals surface area contributed by atoms with Gasteiger partial charge in [-0.3, -0.25) is 0 Å². The average Bonchev–Trinajstić information content (AvgIpc) is 3.42. The van der Waals surface area contributed by atoms with Crippen LogP contribution in [0, 0.1) is 11.7 Å². The summed E-state index contributed by atoms with van der Waals surface area (Å²) in [5.41, 5.74) is 6.78. The Kier molecular flexibility index (Phi) is 17.6. The smallest absolute Gasteiger partial charge is 0.337 e. The van der Waals surface area contributed by atoms with Crippen LogP contribution in [0.15, 0.2) is 58.9 Å². The minimum Gasteiger partial charge on any atom is -0.494 e. The first kappa shape index (κ1) is 43.9. The summed E-state index contributed by atoms with van der Waals surface area (Å²) in [7, 11) is 0. The molecule has 8 nitrogen and oxygen atoms in total. The number of imidazole rings is 1. The van der Waals surface area contributed by atoms with E-state index >= 15 is 0 Å². The first-order valence-electron chi connectivity index (χ1n) is 21.0. The number of hydrogen-bond acceptors (Lipinski definition) is 7. The molecule has 1 atom stereocenters. The van der Waals surface area contributed by atoms with E-state index < -0.39 is 17.9 Å². The molecular formula is C46H67N3O5S. The Morgan fingerprint density at radius 3 is 1.95 bits per heavy atom. The third-order valence-electron chi connectivity index (χ3n) is 10.3. The molecule has 1 aliphatic rings. The van der Waals surface area contributed by atoms with Gasteiger partial charge in [0.05, 0.1) is 53.5 Å². The number of H-pyrrole nitrogens is 1. The Bertz CT molecular complexity index is 1850. The zero-order chi connectivity index (χ0) is 39.9. The van der Waals surface area contributed by atoms with Crippen LogP contribution in [0.3, 0.4) is 0 Å². The Labute approximate surface area is 335 Å². The van der Waals surface area contributed by atoms with Crippen LogP contribution >= 0.6 is 12.2 Å². The van der Waals surface area contributed by atoms with Gasteiger partial charge < -0.3 is 29.1 Å². The van der Waals surface area contributed by atoms with Gasteiger partial charge in [-0.25, -0.2) is 9.59 Å². The van der Waals surface area contributed by atoms with Crippen molar-refractivity contribution >= 4 is 35.2 Å². The van der Waals surface area contributed by atoms with Crippen molar-refractivity contribution in [3.63, 3.8) is 0 Å². The SMILES string of the molecule is CCCCCCCCCCCCCCCc1cccc(OCC)c1C1C(C(=O)OC(C)C)=C(C)NC(Cn2c(=S)[nH]c3cc(C)ccc32)=C1C(=O)OC(C)C. The Hall–Kier alpha value is -3.85. The van der Waals surface area contributed by atoms with Gasteiger partial charge in [0.15, 0.2) is 4.77 Å². The zero-order valence-electron chi connectivity index (χ0n) is 34.9. The summed E-state index contributed by atoms with van der Waals surface area (Å²) in [6.45, 7) is 16.2. The Morgan fingerprint density at radius 1 is 0.782 bits per heavy atom. The molecule has 2 aromatic carbocycles. The normalized spacial score (nSPS) is 14.6. The molecule has 0 saturated heterocycles. The third kappa shape index (κ3) is 12.3. The first-order chi connectivity index (χ1) is 26.5. The fourth-order valence-corrected chi connectivity index (χ4v) is 7.99. The standard InChI is InChI=1S/C46H67N3O5S/c1-9-11-12-13-14-15-16-17-18-19-20-21-22-24-35-25-23-26-39(52-10-2)41(35)43-40(44(50)53-31(3)4)34(8)47-37(42(43)45(51)54-32(5)6)30-49-38-28-27-33(7)29-36(38)48-46(49)55/h23,25-29,31-32,43,47H,9-22,24,30H2,1-8H3,(H,48,55). The molecule has 2 heterocycles. The van der Waals surface area contributed by atoms with E-state index in [1.165, 1.54) is 70.6 Å². The molecule has 2 N–H and O–H groups in total. The van der Waals surface area contributed by atoms with Crippen molar-refractivity contribution in [2.24, 2.45) is 0 Å². The van der Waals surface area contributed by atoms with E-state index in [2.05, 4.69) is 29.4 Å². The third-order valence-corrected chi connectivity index (χ3v) is 10.6. The molecule has 302 valence electrons. The van der Waals surface area contributed by atoms with Gasteiger partial charge in [0.25, 0.3) is 0 Å². The number of aromatic amines is 1. The molecule has 0 spiro atoms. The summed E-state index contributed by atoms with van der Waals surface area (Å²) in [5, 5.41) is 3.47. The quantitative estimate of drug-likeness (QED) is 0.0563. The van der Waals surface area contributed by atoms with Crippen molar-refractivity contribution in [2.75, 3.05) is 6.61 Å². The predicted molar refractivity (Wildman–Crippen MR) is 227 cm³/mol. The van der Waals surface area contributed by atoms with Gasteiger partial charge in [0.1, 0.15) is 5.75 Å². The van der Waals surface area contributed by atoms with Gasteiger partial charge in [-0.1, -0.05) is 102 Å². The van der Waals surface area contributed by atoms with Crippen LogP contribution in [0.2, 0.25) is 0 Å². The molecule has 0 fully saturated rings. The fourth-order valence-electron chi connectivity index (χ4n) is 7.72. The highest BCUT2D eigenvalue weighted by atomic mass is 32.1. The molecule has 0 bridgehead atoms. The van der Waals surface area contributed by atoms with Crippen molar-refractivity contribution in [2.45, 2.75) is 170 Å². The van der Waals surface area contributed by atoms with Crippen LogP contribution in [-0.4, -0.2) is 40.3 Å². The van der Waals surface area contributed by atoms with E-state index in [9.17, 15) is 9.59 Å². The molecule has 55 heavy (non-hydrogen) atoms. The lowest BCUT2D eigenvalue weighted by Gasteiger charge is -2.34. The second kappa shape index (κ2) is 22.0. The predicted octanol–water partition coefficient (Wildman–Crippen LogP) is 11.9. The van der Waals surface area contributed by atoms with Crippen LogP contribution in [0.4, 0.5) is 0 Å². The number of esters is 2. The highest BCUT2D eigenvalue weighted by Crippen LogP contribution is 2.45. The molecule has 4 rings (SSSR count). The molecule has 1 unspecified atom stereocenters. The number of unbranched alkanes of at least 4 members (excludes halogenated alkanes) is 12. The van der Waals surface area contributed by atoms with Crippen molar-refractivity contribution in [1.29, 1.82) is 0 Å². The summed E-state index contributed by atoms with van der Waals surface area (Å²) in [6.07, 6.45) is 16.7. The van der Waals surface area contributed by atoms with Gasteiger partial charge >= 0.3 is 11.9 Å². The van der Waals surface area contributed by atoms with E-state index in [1.54, 1.807) is 0 Å². The summed E-state index contributed by atoms with van der Waals surface area (Å²) in [5.74, 6) is -1.12. The van der Waals surface area contributed by atoms with Crippen molar-refractivity contribution in [1.82, 2.24) is 14.9 Å². The number of ether oxygens (including phenoxy) is 3. The number of dihydropyridines is 1. The van der Waals surface area contributed by atoms with Crippen LogP contribution in [0.1, 0.15) is 155 Å². The molecule has 1 aliphatic heterocycles. The largest absolute Gasteiger partial charge is 0.494 e. The molecule has 0 radical (unpaired) electrons. The molecular weight excluding hydrogens is 707 g/mol. The minimum absolute atomic E-state index is 0.260. The lowest BCUT2D eigenvalue weighted by molar-refractivity contribution is -0.143. The number of fused-ring (bicyclic) bond motifs is 1. The van der Waals surface area contributed by atoms with E-state index in [-0.39, 0.29) is 18.8 Å². The average molecular weight is 774 g/mol. The van der Waals surface area contributed by atoms with Crippen LogP contribution < -0.4 is 10.1 Å². The summed E-state index contributed by atoms with van der Waals surface area (Å²) in [4.78, 5) is 32.0. The first-order valence-corrected chi connectivity index (χ1v) is 21.4. The second-order valence-electron chi connectivity index (χ2n) is 15.7. The maximum atomic E-state index is 14.5. The Balaban J connectivity index is 1.70. The van der Waals surface area contributed by atoms with Crippen molar-refractivity contribution in [3.05, 3.63) is 80.4 Å². The summed E-state index contributed by atoms with van der Waals surface area (Å²) in [6, 6.07) is 12.2. The number of aryl methyl sites for hydroxylation is 2. The van der Waals surface area contributed by atoms with Crippen molar-refractivity contribution < 1.29 is 23.8 Å². The molecule has 0 aliphatic carbocycles. The highest BCUT2D eigenvalue weighted by Gasteiger charge is 2.42. The number of allylic oxidation sites excluding steroid dienone is 2. The summed E-state index contributed by atoms with van der Waals surface area (Å²) < 4.78 is 20.7. The van der Waals surface area contributed by atoms with Crippen LogP contribution in [-0.2, 0) is 32.0 Å². The summed E-state index contributed by atoms with van der Waals surface area (Å²) >= 11 is 5.84. The molecule has 0 saturated carbocycles. The van der Waals surface area contributed by atoms with E-state index in [0.29, 0.717) is 39.7 Å². The second-order valence-corrected chi connectivity index (χ2v) is 16.1. The van der Waals surface area contributed by atoms with Gasteiger partial charge in [-0.2, -0.15) is 0 Å². The monoisotopic (exact) mass is 773 g/mol. The number of nitrogens with one attached hydrogen (secondary N) is 2. The van der Waals surface area contributed by atoms with Gasteiger partial charge in [0.2, 0.25) is 0 Å². The lowest BCUT2D eigenvalue weighted by atomic mass is 9.77. The zero-order valence-corrected chi connectivity index (χ0v) is 35.7. The maximum Gasteiger partial charge on any atom is 0.337 e. The number of hydrogen-bond donors (Lipinski definition) is 2. The number of nitrogens with zero attached hydrogens (tertiary/aromatic N) is 1. The van der Waals surface area contributed by atoms with E-state index in [4.69, 9.17) is 26.4 Å². The fraction of sp³-hybridized carbons (Fsp3) is 0.587. The maximum absolute atomic E-state index is 14.5. The number of carbonyl (C=O) groups is 2. The van der Waals surface area contributed by atoms with Gasteiger partial charge in [-0.05, 0) is 103 Å². The highest BCUT2D eigenvalue weighted by molar-refractivity contribution is 7.71. The minimum atomic E-state index is -0.796. The molecule has 3 aromatic rings. The van der Waals surface area contributed by atoms with E-state index in [1.807, 2.05) is 77.3 Å².